The summed E-state index contributed by atoms with van der Waals surface area (Å²) in [5.41, 5.74) is 0. The van der Waals surface area contributed by atoms with Gasteiger partial charge in [0.15, 0.2) is 0 Å². The number of ether oxygens (including phenoxy) is 1. The van der Waals surface area contributed by atoms with Crippen molar-refractivity contribution >= 4 is 10.8 Å². The normalized spacial score (nSPS) is 16.2. The van der Waals surface area contributed by atoms with Crippen molar-refractivity contribution in [2.75, 3.05) is 26.2 Å². The number of fused-ring (bicyclic) bond motifs is 1. The fraction of sp³-hybridized carbons (Fsp3) is 0.364. The Morgan fingerprint density at radius 2 is 1.58 bits per heavy atom. The Balaban J connectivity index is 1.20. The first-order chi connectivity index (χ1) is 12.8. The summed E-state index contributed by atoms with van der Waals surface area (Å²) in [6, 6.07) is 14.8. The van der Waals surface area contributed by atoms with Gasteiger partial charge in [-0.25, -0.2) is 4.39 Å². The van der Waals surface area contributed by atoms with E-state index in [0.717, 1.165) is 37.8 Å². The first kappa shape index (κ1) is 17.1. The minimum atomic E-state index is -0.227. The third-order valence-electron chi connectivity index (χ3n) is 5.27. The van der Waals surface area contributed by atoms with Crippen LogP contribution in [0.15, 0.2) is 60.9 Å². The maximum Gasteiger partial charge on any atom is 0.123 e. The molecule has 136 valence electrons. The van der Waals surface area contributed by atoms with Crippen LogP contribution < -0.4 is 4.74 Å². The molecule has 2 aromatic carbocycles. The molecule has 0 atom stereocenters. The van der Waals surface area contributed by atoms with Crippen molar-refractivity contribution in [1.82, 2.24) is 9.47 Å². The third-order valence-corrected chi connectivity index (χ3v) is 5.27. The number of aromatic nitrogens is 1. The van der Waals surface area contributed by atoms with Crippen LogP contribution in [0.1, 0.15) is 12.8 Å². The van der Waals surface area contributed by atoms with Crippen molar-refractivity contribution in [1.29, 1.82) is 0 Å². The molecule has 26 heavy (non-hydrogen) atoms. The van der Waals surface area contributed by atoms with E-state index < -0.39 is 0 Å². The van der Waals surface area contributed by atoms with Crippen LogP contribution in [0.5, 0.6) is 5.75 Å². The van der Waals surface area contributed by atoms with Crippen LogP contribution in [0.4, 0.5) is 4.39 Å². The molecule has 3 nitrogen and oxygen atoms in total. The number of benzene rings is 2. The van der Waals surface area contributed by atoms with Crippen molar-refractivity contribution in [3.05, 3.63) is 66.7 Å². The molecule has 0 radical (unpaired) electrons. The van der Waals surface area contributed by atoms with Gasteiger partial charge in [0, 0.05) is 25.5 Å². The molecule has 0 spiro atoms. The zero-order valence-electron chi connectivity index (χ0n) is 15.0. The average molecular weight is 352 g/mol. The van der Waals surface area contributed by atoms with E-state index in [1.807, 2.05) is 0 Å². The molecule has 1 aliphatic heterocycles. The molecule has 0 amide bonds. The second kappa shape index (κ2) is 7.92. The lowest BCUT2D eigenvalue weighted by Crippen LogP contribution is -2.37. The summed E-state index contributed by atoms with van der Waals surface area (Å²) in [5.74, 6) is 1.25. The van der Waals surface area contributed by atoms with E-state index in [-0.39, 0.29) is 5.82 Å². The van der Waals surface area contributed by atoms with Gasteiger partial charge in [0.25, 0.3) is 0 Å². The molecule has 0 unspecified atom stereocenters. The quantitative estimate of drug-likeness (QED) is 0.646. The summed E-state index contributed by atoms with van der Waals surface area (Å²) in [5, 5.41) is 2.64. The van der Waals surface area contributed by atoms with Gasteiger partial charge in [-0.3, -0.25) is 4.90 Å². The molecule has 0 bridgehead atoms. The summed E-state index contributed by atoms with van der Waals surface area (Å²) in [6.07, 6.45) is 6.98. The second-order valence-electron chi connectivity index (χ2n) is 7.17. The molecule has 0 saturated carbocycles. The Kier molecular flexibility index (Phi) is 5.21. The van der Waals surface area contributed by atoms with Gasteiger partial charge < -0.3 is 9.30 Å². The summed E-state index contributed by atoms with van der Waals surface area (Å²) < 4.78 is 20.9. The van der Waals surface area contributed by atoms with E-state index in [9.17, 15) is 4.39 Å². The molecule has 1 aliphatic rings. The van der Waals surface area contributed by atoms with E-state index in [1.54, 1.807) is 12.1 Å². The van der Waals surface area contributed by atoms with Gasteiger partial charge in [-0.1, -0.05) is 24.3 Å². The van der Waals surface area contributed by atoms with Crippen LogP contribution in [-0.4, -0.2) is 35.7 Å². The molecular weight excluding hydrogens is 327 g/mol. The molecule has 4 heteroatoms. The Morgan fingerprint density at radius 1 is 0.923 bits per heavy atom. The van der Waals surface area contributed by atoms with E-state index in [4.69, 9.17) is 4.74 Å². The van der Waals surface area contributed by atoms with Gasteiger partial charge in [-0.2, -0.15) is 0 Å². The van der Waals surface area contributed by atoms with E-state index in [2.05, 4.69) is 46.1 Å². The highest BCUT2D eigenvalue weighted by Crippen LogP contribution is 2.22. The van der Waals surface area contributed by atoms with Gasteiger partial charge in [0.1, 0.15) is 18.2 Å². The number of piperidine rings is 1. The van der Waals surface area contributed by atoms with Gasteiger partial charge in [-0.05, 0) is 66.9 Å². The predicted molar refractivity (Wildman–Crippen MR) is 103 cm³/mol. The lowest BCUT2D eigenvalue weighted by molar-refractivity contribution is 0.148. The summed E-state index contributed by atoms with van der Waals surface area (Å²) >= 11 is 0. The van der Waals surface area contributed by atoms with E-state index in [1.165, 1.54) is 35.7 Å². The molecule has 1 saturated heterocycles. The van der Waals surface area contributed by atoms with Gasteiger partial charge in [0.05, 0.1) is 0 Å². The topological polar surface area (TPSA) is 17.4 Å². The third kappa shape index (κ3) is 4.25. The SMILES string of the molecule is Fc1ccc(OCCN2CCC(Cn3cc4ccccc4c3)CC2)cc1. The van der Waals surface area contributed by atoms with Crippen LogP contribution in [0.2, 0.25) is 0 Å². The molecule has 4 rings (SSSR count). The van der Waals surface area contributed by atoms with Crippen molar-refractivity contribution in [3.63, 3.8) is 0 Å². The average Bonchev–Trinajstić information content (AvgIpc) is 3.07. The largest absolute Gasteiger partial charge is 0.492 e. The highest BCUT2D eigenvalue weighted by atomic mass is 19.1. The minimum absolute atomic E-state index is 0.227. The number of halogens is 1. The number of hydrogen-bond donors (Lipinski definition) is 0. The smallest absolute Gasteiger partial charge is 0.123 e. The van der Waals surface area contributed by atoms with Crippen LogP contribution in [-0.2, 0) is 6.54 Å². The number of hydrogen-bond acceptors (Lipinski definition) is 2. The highest BCUT2D eigenvalue weighted by molar-refractivity contribution is 5.82. The Morgan fingerprint density at radius 3 is 2.23 bits per heavy atom. The number of nitrogens with zero attached hydrogens (tertiary/aromatic N) is 2. The summed E-state index contributed by atoms with van der Waals surface area (Å²) in [7, 11) is 0. The van der Waals surface area contributed by atoms with E-state index >= 15 is 0 Å². The first-order valence-corrected chi connectivity index (χ1v) is 9.41. The Labute approximate surface area is 154 Å². The number of likely N-dealkylation sites (tertiary alicyclic amines) is 1. The van der Waals surface area contributed by atoms with Crippen LogP contribution >= 0.6 is 0 Å². The first-order valence-electron chi connectivity index (χ1n) is 9.41. The van der Waals surface area contributed by atoms with Gasteiger partial charge in [-0.15, -0.1) is 0 Å². The van der Waals surface area contributed by atoms with Gasteiger partial charge >= 0.3 is 0 Å². The van der Waals surface area contributed by atoms with Crippen molar-refractivity contribution < 1.29 is 9.13 Å². The van der Waals surface area contributed by atoms with E-state index in [0.29, 0.717) is 6.61 Å². The van der Waals surface area contributed by atoms with Crippen molar-refractivity contribution in [2.24, 2.45) is 5.92 Å². The molecular formula is C22H25FN2O. The lowest BCUT2D eigenvalue weighted by atomic mass is 9.97. The zero-order chi connectivity index (χ0) is 17.8. The second-order valence-corrected chi connectivity index (χ2v) is 7.17. The lowest BCUT2D eigenvalue weighted by Gasteiger charge is -2.32. The molecule has 2 heterocycles. The highest BCUT2D eigenvalue weighted by Gasteiger charge is 2.19. The van der Waals surface area contributed by atoms with Crippen molar-refractivity contribution in [2.45, 2.75) is 19.4 Å². The monoisotopic (exact) mass is 352 g/mol. The fourth-order valence-electron chi connectivity index (χ4n) is 3.76. The summed E-state index contributed by atoms with van der Waals surface area (Å²) in [6.45, 7) is 4.93. The zero-order valence-corrected chi connectivity index (χ0v) is 15.0. The van der Waals surface area contributed by atoms with Crippen LogP contribution in [0.25, 0.3) is 10.8 Å². The maximum absolute atomic E-state index is 12.9. The Bertz CT molecular complexity index is 802. The maximum atomic E-state index is 12.9. The van der Waals surface area contributed by atoms with Crippen molar-refractivity contribution in [3.8, 4) is 5.75 Å². The standard InChI is InChI=1S/C22H25FN2O/c23-21-5-7-22(8-6-21)26-14-13-24-11-9-18(10-12-24)15-25-16-19-3-1-2-4-20(19)17-25/h1-8,16-18H,9-15H2. The summed E-state index contributed by atoms with van der Waals surface area (Å²) in [4.78, 5) is 2.46. The number of rotatable bonds is 6. The molecule has 1 aromatic heterocycles. The van der Waals surface area contributed by atoms with Crippen LogP contribution in [0.3, 0.4) is 0 Å². The molecule has 1 fully saturated rings. The minimum Gasteiger partial charge on any atom is -0.492 e. The predicted octanol–water partition coefficient (Wildman–Crippen LogP) is 4.57. The van der Waals surface area contributed by atoms with Crippen LogP contribution in [0, 0.1) is 11.7 Å². The molecule has 0 N–H and O–H groups in total. The fourth-order valence-corrected chi connectivity index (χ4v) is 3.76. The van der Waals surface area contributed by atoms with Gasteiger partial charge in [0.2, 0.25) is 0 Å². The molecule has 3 aromatic rings. The molecule has 0 aliphatic carbocycles. The Hall–Kier alpha value is -2.33.